The van der Waals surface area contributed by atoms with Crippen molar-refractivity contribution in [3.05, 3.63) is 12.3 Å². The number of aliphatic carboxylic acids is 1. The molecule has 1 aromatic rings. The van der Waals surface area contributed by atoms with Crippen LogP contribution in [0.3, 0.4) is 0 Å². The molecule has 3 rings (SSSR count). The third kappa shape index (κ3) is 2.65. The zero-order valence-corrected chi connectivity index (χ0v) is 12.2. The lowest BCUT2D eigenvalue weighted by molar-refractivity contribution is -0.141. The van der Waals surface area contributed by atoms with Gasteiger partial charge in [-0.3, -0.25) is 9.69 Å². The van der Waals surface area contributed by atoms with Crippen molar-refractivity contribution in [3.63, 3.8) is 0 Å². The molecule has 3 heterocycles. The maximum atomic E-state index is 11.3. The predicted octanol–water partition coefficient (Wildman–Crippen LogP) is 0.434. The van der Waals surface area contributed by atoms with E-state index in [1.54, 1.807) is 12.3 Å². The minimum Gasteiger partial charge on any atom is -0.480 e. The Hall–Kier alpha value is -1.89. The maximum Gasteiger partial charge on any atom is 0.320 e. The van der Waals surface area contributed by atoms with Crippen molar-refractivity contribution in [2.45, 2.75) is 25.3 Å². The van der Waals surface area contributed by atoms with Gasteiger partial charge in [-0.2, -0.15) is 4.98 Å². The molecular weight excluding hydrogens is 270 g/mol. The van der Waals surface area contributed by atoms with E-state index < -0.39 is 5.97 Å². The summed E-state index contributed by atoms with van der Waals surface area (Å²) < 4.78 is 0. The van der Waals surface area contributed by atoms with E-state index in [1.165, 1.54) is 0 Å². The molecule has 2 saturated heterocycles. The van der Waals surface area contributed by atoms with Crippen LogP contribution in [0.1, 0.15) is 19.3 Å². The van der Waals surface area contributed by atoms with Crippen LogP contribution in [0.15, 0.2) is 12.3 Å². The minimum absolute atomic E-state index is 0.120. The first kappa shape index (κ1) is 14.1. The van der Waals surface area contributed by atoms with Gasteiger partial charge in [-0.05, 0) is 37.8 Å². The van der Waals surface area contributed by atoms with Gasteiger partial charge in [-0.1, -0.05) is 0 Å². The lowest BCUT2D eigenvalue weighted by atomic mass is 9.76. The Bertz CT molecular complexity index is 542. The fourth-order valence-corrected chi connectivity index (χ4v) is 3.60. The molecular formula is C14H21N5O2. The van der Waals surface area contributed by atoms with Gasteiger partial charge >= 0.3 is 5.97 Å². The van der Waals surface area contributed by atoms with E-state index in [0.29, 0.717) is 11.8 Å². The van der Waals surface area contributed by atoms with E-state index in [1.807, 2.05) is 11.9 Å². The fraction of sp³-hybridized carbons (Fsp3) is 0.643. The SMILES string of the molecule is CN1CC2(CCN(c3nccc(N)n3)CC2)C[C@H]1C(=O)O. The van der Waals surface area contributed by atoms with E-state index in [-0.39, 0.29) is 11.5 Å². The van der Waals surface area contributed by atoms with E-state index in [9.17, 15) is 9.90 Å². The molecule has 0 aromatic carbocycles. The summed E-state index contributed by atoms with van der Waals surface area (Å²) in [6.07, 6.45) is 4.36. The number of likely N-dealkylation sites (N-methyl/N-ethyl adjacent to an activating group) is 1. The van der Waals surface area contributed by atoms with Gasteiger partial charge in [0, 0.05) is 25.8 Å². The molecule has 0 unspecified atom stereocenters. The first-order valence-corrected chi connectivity index (χ1v) is 7.26. The highest BCUT2D eigenvalue weighted by Crippen LogP contribution is 2.43. The van der Waals surface area contributed by atoms with Gasteiger partial charge in [0.25, 0.3) is 0 Å². The number of nitrogens with two attached hydrogens (primary N) is 1. The highest BCUT2D eigenvalue weighted by Gasteiger charge is 2.46. The Labute approximate surface area is 123 Å². The van der Waals surface area contributed by atoms with Crippen LogP contribution in [-0.2, 0) is 4.79 Å². The second-order valence-electron chi connectivity index (χ2n) is 6.24. The van der Waals surface area contributed by atoms with Gasteiger partial charge in [0.2, 0.25) is 5.95 Å². The predicted molar refractivity (Wildman–Crippen MR) is 79.0 cm³/mol. The highest BCUT2D eigenvalue weighted by molar-refractivity contribution is 5.74. The zero-order chi connectivity index (χ0) is 15.0. The van der Waals surface area contributed by atoms with Crippen molar-refractivity contribution in [1.29, 1.82) is 0 Å². The standard InChI is InChI=1S/C14H21N5O2/c1-18-9-14(8-10(18)12(20)21)3-6-19(7-4-14)13-16-5-2-11(15)17-13/h2,5,10H,3-4,6-9H2,1H3,(H,20,21)(H2,15,16,17)/t10-/m0/s1. The molecule has 21 heavy (non-hydrogen) atoms. The van der Waals surface area contributed by atoms with Crippen LogP contribution in [0.4, 0.5) is 11.8 Å². The summed E-state index contributed by atoms with van der Waals surface area (Å²) in [6.45, 7) is 2.56. The van der Waals surface area contributed by atoms with Gasteiger partial charge in [0.15, 0.2) is 0 Å². The van der Waals surface area contributed by atoms with Crippen LogP contribution < -0.4 is 10.6 Å². The third-order valence-corrected chi connectivity index (χ3v) is 4.80. The van der Waals surface area contributed by atoms with Crippen molar-refractivity contribution in [1.82, 2.24) is 14.9 Å². The van der Waals surface area contributed by atoms with E-state index in [2.05, 4.69) is 14.9 Å². The third-order valence-electron chi connectivity index (χ3n) is 4.80. The maximum absolute atomic E-state index is 11.3. The molecule has 1 aromatic heterocycles. The van der Waals surface area contributed by atoms with Gasteiger partial charge in [0.1, 0.15) is 11.9 Å². The van der Waals surface area contributed by atoms with E-state index in [4.69, 9.17) is 5.73 Å². The van der Waals surface area contributed by atoms with E-state index in [0.717, 1.165) is 38.9 Å². The Morgan fingerprint density at radius 2 is 2.19 bits per heavy atom. The topological polar surface area (TPSA) is 95.6 Å². The van der Waals surface area contributed by atoms with Crippen molar-refractivity contribution < 1.29 is 9.90 Å². The summed E-state index contributed by atoms with van der Waals surface area (Å²) in [5.74, 6) is 0.439. The number of anilines is 2. The van der Waals surface area contributed by atoms with Gasteiger partial charge in [0.05, 0.1) is 0 Å². The van der Waals surface area contributed by atoms with Crippen LogP contribution in [0.2, 0.25) is 0 Å². The summed E-state index contributed by atoms with van der Waals surface area (Å²) in [4.78, 5) is 23.9. The summed E-state index contributed by atoms with van der Waals surface area (Å²) in [6, 6.07) is 1.33. The van der Waals surface area contributed by atoms with Gasteiger partial charge in [-0.25, -0.2) is 4.98 Å². The van der Waals surface area contributed by atoms with Gasteiger partial charge < -0.3 is 15.7 Å². The number of rotatable bonds is 2. The lowest BCUT2D eigenvalue weighted by Crippen LogP contribution is -2.42. The Kier molecular flexibility index (Phi) is 3.44. The molecule has 1 atom stereocenters. The molecule has 1 spiro atoms. The number of carboxylic acids is 1. The quantitative estimate of drug-likeness (QED) is 0.816. The van der Waals surface area contributed by atoms with Crippen LogP contribution >= 0.6 is 0 Å². The Morgan fingerprint density at radius 3 is 2.76 bits per heavy atom. The number of hydrogen-bond donors (Lipinski definition) is 2. The molecule has 0 amide bonds. The molecule has 0 saturated carbocycles. The van der Waals surface area contributed by atoms with Crippen LogP contribution in [0.5, 0.6) is 0 Å². The number of nitrogen functional groups attached to an aromatic ring is 1. The zero-order valence-electron chi connectivity index (χ0n) is 12.2. The first-order valence-electron chi connectivity index (χ1n) is 7.26. The number of carboxylic acid groups (broad SMARTS) is 1. The second kappa shape index (κ2) is 5.14. The van der Waals surface area contributed by atoms with Crippen molar-refractivity contribution in [2.75, 3.05) is 37.3 Å². The molecule has 114 valence electrons. The summed E-state index contributed by atoms with van der Waals surface area (Å²) in [5.41, 5.74) is 5.82. The van der Waals surface area contributed by atoms with Crippen LogP contribution in [0.25, 0.3) is 0 Å². The van der Waals surface area contributed by atoms with Crippen molar-refractivity contribution >= 4 is 17.7 Å². The van der Waals surface area contributed by atoms with Crippen molar-refractivity contribution in [2.24, 2.45) is 5.41 Å². The second-order valence-corrected chi connectivity index (χ2v) is 6.24. The normalized spacial score (nSPS) is 25.4. The number of piperidine rings is 1. The molecule has 0 bridgehead atoms. The fourth-order valence-electron chi connectivity index (χ4n) is 3.60. The smallest absolute Gasteiger partial charge is 0.320 e. The number of carbonyl (C=O) groups is 1. The van der Waals surface area contributed by atoms with Crippen LogP contribution in [0, 0.1) is 5.41 Å². The summed E-state index contributed by atoms with van der Waals surface area (Å²) in [5, 5.41) is 9.27. The minimum atomic E-state index is -0.712. The highest BCUT2D eigenvalue weighted by atomic mass is 16.4. The summed E-state index contributed by atoms with van der Waals surface area (Å²) >= 11 is 0. The average molecular weight is 291 g/mol. The first-order chi connectivity index (χ1) is 9.99. The molecule has 2 aliphatic rings. The number of aromatic nitrogens is 2. The van der Waals surface area contributed by atoms with Gasteiger partial charge in [-0.15, -0.1) is 0 Å². The molecule has 7 heteroatoms. The largest absolute Gasteiger partial charge is 0.480 e. The number of hydrogen-bond acceptors (Lipinski definition) is 6. The van der Waals surface area contributed by atoms with E-state index >= 15 is 0 Å². The van der Waals surface area contributed by atoms with Crippen molar-refractivity contribution in [3.8, 4) is 0 Å². The number of nitrogens with zero attached hydrogens (tertiary/aromatic N) is 4. The Morgan fingerprint density at radius 1 is 1.48 bits per heavy atom. The molecule has 3 N–H and O–H groups in total. The van der Waals surface area contributed by atoms with Crippen LogP contribution in [-0.4, -0.2) is 58.7 Å². The molecule has 0 aliphatic carbocycles. The number of likely N-dealkylation sites (tertiary alicyclic amines) is 1. The summed E-state index contributed by atoms with van der Waals surface area (Å²) in [7, 11) is 1.90. The molecule has 2 aliphatic heterocycles. The molecule has 0 radical (unpaired) electrons. The molecule has 2 fully saturated rings. The monoisotopic (exact) mass is 291 g/mol. The molecule has 7 nitrogen and oxygen atoms in total. The average Bonchev–Trinajstić information content (AvgIpc) is 2.76. The lowest BCUT2D eigenvalue weighted by Gasteiger charge is -2.39. The Balaban J connectivity index is 1.67.